The van der Waals surface area contributed by atoms with Gasteiger partial charge in [-0.2, -0.15) is 0 Å². The van der Waals surface area contributed by atoms with Crippen LogP contribution in [0.4, 0.5) is 0 Å². The third-order valence-corrected chi connectivity index (χ3v) is 2.36. The van der Waals surface area contributed by atoms with Crippen molar-refractivity contribution < 1.29 is 19.1 Å². The van der Waals surface area contributed by atoms with E-state index in [1.807, 2.05) is 0 Å². The summed E-state index contributed by atoms with van der Waals surface area (Å²) in [5.41, 5.74) is 0. The van der Waals surface area contributed by atoms with Crippen LogP contribution < -0.4 is 0 Å². The first kappa shape index (κ1) is 12.4. The van der Waals surface area contributed by atoms with E-state index in [0.717, 1.165) is 0 Å². The van der Waals surface area contributed by atoms with E-state index in [1.54, 1.807) is 6.92 Å². The zero-order valence-corrected chi connectivity index (χ0v) is 8.33. The van der Waals surface area contributed by atoms with E-state index in [-0.39, 0.29) is 5.92 Å². The Morgan fingerprint density at radius 2 is 2.15 bits per heavy atom. The highest BCUT2D eigenvalue weighted by Crippen LogP contribution is 2.35. The maximum atomic E-state index is 11.1. The van der Waals surface area contributed by atoms with Crippen LogP contribution in [0.2, 0.25) is 0 Å². The molecule has 0 spiro atoms. The van der Waals surface area contributed by atoms with Crippen LogP contribution in [0.1, 0.15) is 19.8 Å². The van der Waals surface area contributed by atoms with Gasteiger partial charge in [-0.1, -0.05) is 6.92 Å². The van der Waals surface area contributed by atoms with Gasteiger partial charge in [-0.15, -0.1) is 12.3 Å². The van der Waals surface area contributed by atoms with E-state index in [0.29, 0.717) is 12.8 Å². The van der Waals surface area contributed by atoms with E-state index in [4.69, 9.17) is 16.2 Å². The molecule has 0 heterocycles. The lowest BCUT2D eigenvalue weighted by Crippen LogP contribution is -2.15. The second-order valence-corrected chi connectivity index (χ2v) is 4.58. The van der Waals surface area contributed by atoms with Crippen LogP contribution in [0.15, 0.2) is 0 Å². The summed E-state index contributed by atoms with van der Waals surface area (Å²) in [6.07, 6.45) is 5.24. The Labute approximate surface area is 77.5 Å². The summed E-state index contributed by atoms with van der Waals surface area (Å²) in [5, 5.41) is 0. The average Bonchev–Trinajstić information content (AvgIpc) is 1.96. The molecular formula is C8H13O4P. The molecule has 0 saturated carbocycles. The van der Waals surface area contributed by atoms with Crippen LogP contribution in [0, 0.1) is 18.3 Å². The van der Waals surface area contributed by atoms with Crippen LogP contribution in [0.3, 0.4) is 0 Å². The number of carbonyl (C=O) groups is 1. The molecule has 0 aromatic carbocycles. The first-order valence-electron chi connectivity index (χ1n) is 3.87. The molecule has 74 valence electrons. The Kier molecular flexibility index (Phi) is 4.94. The van der Waals surface area contributed by atoms with Crippen molar-refractivity contribution in [2.75, 3.05) is 6.16 Å². The number of rotatable bonds is 5. The average molecular weight is 204 g/mol. The summed E-state index contributed by atoms with van der Waals surface area (Å²) in [5.74, 6) is 1.57. The highest BCUT2D eigenvalue weighted by Gasteiger charge is 2.22. The van der Waals surface area contributed by atoms with Crippen molar-refractivity contribution in [2.45, 2.75) is 19.8 Å². The van der Waals surface area contributed by atoms with Gasteiger partial charge < -0.3 is 9.79 Å². The Morgan fingerprint density at radius 1 is 1.62 bits per heavy atom. The summed E-state index contributed by atoms with van der Waals surface area (Å²) >= 11 is 0. The molecule has 0 radical (unpaired) electrons. The monoisotopic (exact) mass is 204 g/mol. The Balaban J connectivity index is 3.99. The van der Waals surface area contributed by atoms with Crippen LogP contribution in [0.5, 0.6) is 0 Å². The smallest absolute Gasteiger partial charge is 0.324 e. The number of ketones is 1. The van der Waals surface area contributed by atoms with Gasteiger partial charge in [-0.3, -0.25) is 9.36 Å². The first-order valence-corrected chi connectivity index (χ1v) is 5.67. The van der Waals surface area contributed by atoms with Crippen molar-refractivity contribution >= 4 is 13.4 Å². The van der Waals surface area contributed by atoms with Crippen LogP contribution in [0.25, 0.3) is 0 Å². The summed E-state index contributed by atoms with van der Waals surface area (Å²) < 4.78 is 10.5. The second-order valence-electron chi connectivity index (χ2n) is 2.93. The minimum absolute atomic E-state index is 0.372. The molecule has 0 aliphatic rings. The summed E-state index contributed by atoms with van der Waals surface area (Å²) in [7, 11) is -4.21. The fraction of sp³-hybridized carbons (Fsp3) is 0.625. The molecule has 1 atom stereocenters. The molecule has 0 bridgehead atoms. The predicted molar refractivity (Wildman–Crippen MR) is 49.1 cm³/mol. The molecular weight excluding hydrogens is 191 g/mol. The minimum atomic E-state index is -4.21. The third-order valence-electron chi connectivity index (χ3n) is 1.63. The zero-order valence-electron chi connectivity index (χ0n) is 7.43. The fourth-order valence-corrected chi connectivity index (χ4v) is 1.54. The summed E-state index contributed by atoms with van der Waals surface area (Å²) in [6, 6.07) is 0. The van der Waals surface area contributed by atoms with Gasteiger partial charge >= 0.3 is 7.60 Å². The lowest BCUT2D eigenvalue weighted by molar-refractivity contribution is -0.120. The molecule has 5 heteroatoms. The van der Waals surface area contributed by atoms with Crippen LogP contribution in [-0.2, 0) is 9.36 Å². The molecule has 0 saturated heterocycles. The number of carbonyl (C=O) groups excluding carboxylic acids is 1. The maximum absolute atomic E-state index is 11.1. The number of hydrogen-bond donors (Lipinski definition) is 2. The van der Waals surface area contributed by atoms with Crippen molar-refractivity contribution in [1.29, 1.82) is 0 Å². The molecule has 0 aromatic heterocycles. The maximum Gasteiger partial charge on any atom is 0.332 e. The SMILES string of the molecule is C#CCCC(C)C(=O)CP(=O)(O)O. The normalized spacial score (nSPS) is 13.4. The number of terminal acetylenes is 1. The van der Waals surface area contributed by atoms with Crippen molar-refractivity contribution in [3.05, 3.63) is 0 Å². The van der Waals surface area contributed by atoms with Gasteiger partial charge in [0.1, 0.15) is 11.9 Å². The van der Waals surface area contributed by atoms with Gasteiger partial charge in [0.2, 0.25) is 0 Å². The van der Waals surface area contributed by atoms with Gasteiger partial charge in [0.15, 0.2) is 0 Å². The van der Waals surface area contributed by atoms with Crippen molar-refractivity contribution in [1.82, 2.24) is 0 Å². The van der Waals surface area contributed by atoms with Gasteiger partial charge in [-0.25, -0.2) is 0 Å². The van der Waals surface area contributed by atoms with E-state index < -0.39 is 19.5 Å². The van der Waals surface area contributed by atoms with Gasteiger partial charge in [-0.05, 0) is 6.42 Å². The number of Topliss-reactive ketones (excluding diaryl/α,β-unsaturated/α-hetero) is 1. The van der Waals surface area contributed by atoms with Gasteiger partial charge in [0.05, 0.1) is 0 Å². The lowest BCUT2D eigenvalue weighted by atomic mass is 10.0. The second kappa shape index (κ2) is 5.18. The molecule has 0 aliphatic carbocycles. The molecule has 0 rings (SSSR count). The topological polar surface area (TPSA) is 74.6 Å². The van der Waals surface area contributed by atoms with E-state index in [1.165, 1.54) is 0 Å². The first-order chi connectivity index (χ1) is 5.87. The Morgan fingerprint density at radius 3 is 2.54 bits per heavy atom. The molecule has 0 amide bonds. The van der Waals surface area contributed by atoms with Crippen molar-refractivity contribution in [3.63, 3.8) is 0 Å². The largest absolute Gasteiger partial charge is 0.332 e. The summed E-state index contributed by atoms with van der Waals surface area (Å²) in [6.45, 7) is 1.62. The summed E-state index contributed by atoms with van der Waals surface area (Å²) in [4.78, 5) is 28.1. The van der Waals surface area contributed by atoms with Gasteiger partial charge in [0, 0.05) is 12.3 Å². The van der Waals surface area contributed by atoms with E-state index in [9.17, 15) is 9.36 Å². The predicted octanol–water partition coefficient (Wildman–Crippen LogP) is 0.783. The highest BCUT2D eigenvalue weighted by atomic mass is 31.2. The van der Waals surface area contributed by atoms with Crippen molar-refractivity contribution in [2.24, 2.45) is 5.92 Å². The van der Waals surface area contributed by atoms with Crippen LogP contribution >= 0.6 is 7.60 Å². The van der Waals surface area contributed by atoms with Gasteiger partial charge in [0.25, 0.3) is 0 Å². The standard InChI is InChI=1S/C8H13O4P/c1-3-4-5-7(2)8(9)6-13(10,11)12/h1,7H,4-6H2,2H3,(H2,10,11,12). The zero-order chi connectivity index (χ0) is 10.5. The molecule has 2 N–H and O–H groups in total. The molecule has 0 aromatic rings. The van der Waals surface area contributed by atoms with E-state index >= 15 is 0 Å². The molecule has 4 nitrogen and oxygen atoms in total. The lowest BCUT2D eigenvalue weighted by Gasteiger charge is -2.08. The molecule has 1 unspecified atom stereocenters. The van der Waals surface area contributed by atoms with Crippen LogP contribution in [-0.4, -0.2) is 21.7 Å². The van der Waals surface area contributed by atoms with Crippen molar-refractivity contribution in [3.8, 4) is 12.3 Å². The highest BCUT2D eigenvalue weighted by molar-refractivity contribution is 7.52. The minimum Gasteiger partial charge on any atom is -0.324 e. The molecule has 0 aliphatic heterocycles. The fourth-order valence-electron chi connectivity index (χ4n) is 0.820. The van der Waals surface area contributed by atoms with E-state index in [2.05, 4.69) is 5.92 Å². The third kappa shape index (κ3) is 6.53. The molecule has 0 fully saturated rings. The molecule has 13 heavy (non-hydrogen) atoms. The number of hydrogen-bond acceptors (Lipinski definition) is 2. The Bertz CT molecular complexity index is 260. The Hall–Kier alpha value is -0.620. The quantitative estimate of drug-likeness (QED) is 0.512.